The minimum Gasteiger partial charge on any atom is -0.387 e. The van der Waals surface area contributed by atoms with Crippen molar-refractivity contribution >= 4 is 0 Å². The first-order valence-electron chi connectivity index (χ1n) is 4.75. The third-order valence-corrected chi connectivity index (χ3v) is 2.72. The Bertz CT molecular complexity index is 325. The summed E-state index contributed by atoms with van der Waals surface area (Å²) in [5, 5.41) is 9.68. The molecule has 0 saturated carbocycles. The van der Waals surface area contributed by atoms with Crippen molar-refractivity contribution in [2.75, 3.05) is 0 Å². The van der Waals surface area contributed by atoms with Crippen LogP contribution >= 0.6 is 0 Å². The molecule has 0 aliphatic heterocycles. The van der Waals surface area contributed by atoms with E-state index in [0.717, 1.165) is 24.2 Å². The Kier molecular flexibility index (Phi) is 2.04. The molecule has 3 nitrogen and oxygen atoms in total. The predicted molar refractivity (Wildman–Crippen MR) is 49.4 cm³/mol. The van der Waals surface area contributed by atoms with E-state index in [9.17, 15) is 5.11 Å². The molecule has 2 rings (SSSR count). The van der Waals surface area contributed by atoms with Gasteiger partial charge >= 0.3 is 0 Å². The summed E-state index contributed by atoms with van der Waals surface area (Å²) < 4.78 is 0. The first-order valence-corrected chi connectivity index (χ1v) is 4.75. The zero-order valence-corrected chi connectivity index (χ0v) is 7.99. The van der Waals surface area contributed by atoms with E-state index >= 15 is 0 Å². The highest BCUT2D eigenvalue weighted by molar-refractivity contribution is 5.34. The maximum absolute atomic E-state index is 9.68. The SMILES string of the molecule is CCc1ncnc2c1[C@@H](C)C[C@@H]2O. The van der Waals surface area contributed by atoms with Crippen LogP contribution in [-0.2, 0) is 6.42 Å². The molecule has 1 aromatic rings. The number of fused-ring (bicyclic) bond motifs is 1. The number of rotatable bonds is 1. The summed E-state index contributed by atoms with van der Waals surface area (Å²) in [5.41, 5.74) is 3.12. The third kappa shape index (κ3) is 1.23. The standard InChI is InChI=1S/C10H14N2O/c1-3-7-9-6(2)4-8(13)10(9)12-5-11-7/h5-6,8,13H,3-4H2,1-2H3/t6-,8-/m0/s1. The van der Waals surface area contributed by atoms with E-state index in [0.29, 0.717) is 5.92 Å². The molecule has 0 spiro atoms. The summed E-state index contributed by atoms with van der Waals surface area (Å²) in [6.45, 7) is 4.21. The fourth-order valence-electron chi connectivity index (χ4n) is 2.10. The average molecular weight is 178 g/mol. The molecule has 3 heteroatoms. The van der Waals surface area contributed by atoms with Gasteiger partial charge in [0.05, 0.1) is 11.8 Å². The van der Waals surface area contributed by atoms with Crippen molar-refractivity contribution in [2.45, 2.75) is 38.7 Å². The van der Waals surface area contributed by atoms with Gasteiger partial charge in [-0.3, -0.25) is 0 Å². The molecule has 0 unspecified atom stereocenters. The average Bonchev–Trinajstić information content (AvgIpc) is 2.43. The van der Waals surface area contributed by atoms with E-state index in [1.807, 2.05) is 0 Å². The lowest BCUT2D eigenvalue weighted by Crippen LogP contribution is -2.01. The summed E-state index contributed by atoms with van der Waals surface area (Å²) >= 11 is 0. The van der Waals surface area contributed by atoms with Crippen LogP contribution in [0.1, 0.15) is 49.2 Å². The van der Waals surface area contributed by atoms with E-state index in [1.54, 1.807) is 6.33 Å². The van der Waals surface area contributed by atoms with Gasteiger partial charge in [0.2, 0.25) is 0 Å². The highest BCUT2D eigenvalue weighted by atomic mass is 16.3. The minimum atomic E-state index is -0.377. The van der Waals surface area contributed by atoms with Crippen LogP contribution in [0, 0.1) is 0 Å². The van der Waals surface area contributed by atoms with Gasteiger partial charge in [0.1, 0.15) is 6.33 Å². The van der Waals surface area contributed by atoms with Gasteiger partial charge in [-0.25, -0.2) is 9.97 Å². The Hall–Kier alpha value is -0.960. The Balaban J connectivity index is 2.55. The predicted octanol–water partition coefficient (Wildman–Crippen LogP) is 1.58. The molecule has 1 aliphatic carbocycles. The van der Waals surface area contributed by atoms with E-state index in [2.05, 4.69) is 23.8 Å². The second-order valence-corrected chi connectivity index (χ2v) is 3.63. The zero-order chi connectivity index (χ0) is 9.42. The first-order chi connectivity index (χ1) is 6.24. The Morgan fingerprint density at radius 3 is 3.00 bits per heavy atom. The maximum atomic E-state index is 9.68. The molecule has 0 fully saturated rings. The van der Waals surface area contributed by atoms with Crippen molar-refractivity contribution in [3.8, 4) is 0 Å². The lowest BCUT2D eigenvalue weighted by Gasteiger charge is -2.07. The molecule has 70 valence electrons. The smallest absolute Gasteiger partial charge is 0.116 e. The van der Waals surface area contributed by atoms with Crippen LogP contribution in [0.4, 0.5) is 0 Å². The molecule has 0 amide bonds. The van der Waals surface area contributed by atoms with E-state index in [4.69, 9.17) is 0 Å². The Labute approximate surface area is 77.8 Å². The van der Waals surface area contributed by atoms with Crippen LogP contribution in [0.5, 0.6) is 0 Å². The normalized spacial score (nSPS) is 26.1. The van der Waals surface area contributed by atoms with E-state index in [-0.39, 0.29) is 6.10 Å². The number of hydrogen-bond acceptors (Lipinski definition) is 3. The van der Waals surface area contributed by atoms with Crippen molar-refractivity contribution in [3.05, 3.63) is 23.3 Å². The monoisotopic (exact) mass is 178 g/mol. The number of aliphatic hydroxyl groups is 1. The van der Waals surface area contributed by atoms with Gasteiger partial charge < -0.3 is 5.11 Å². The van der Waals surface area contributed by atoms with Gasteiger partial charge in [0, 0.05) is 11.3 Å². The van der Waals surface area contributed by atoms with E-state index < -0.39 is 0 Å². The number of aromatic nitrogens is 2. The molecule has 0 aromatic carbocycles. The second-order valence-electron chi connectivity index (χ2n) is 3.63. The molecule has 2 atom stereocenters. The molecular formula is C10H14N2O. The van der Waals surface area contributed by atoms with Crippen molar-refractivity contribution < 1.29 is 5.11 Å². The minimum absolute atomic E-state index is 0.377. The van der Waals surface area contributed by atoms with Crippen molar-refractivity contribution in [3.63, 3.8) is 0 Å². The lowest BCUT2D eigenvalue weighted by molar-refractivity contribution is 0.170. The molecule has 1 aliphatic rings. The van der Waals surface area contributed by atoms with Crippen molar-refractivity contribution in [1.29, 1.82) is 0 Å². The quantitative estimate of drug-likeness (QED) is 0.710. The summed E-state index contributed by atoms with van der Waals surface area (Å²) in [6, 6.07) is 0. The fourth-order valence-corrected chi connectivity index (χ4v) is 2.10. The van der Waals surface area contributed by atoms with Crippen LogP contribution in [-0.4, -0.2) is 15.1 Å². The van der Waals surface area contributed by atoms with E-state index in [1.165, 1.54) is 5.56 Å². The summed E-state index contributed by atoms with van der Waals surface area (Å²) in [4.78, 5) is 8.37. The highest BCUT2D eigenvalue weighted by Gasteiger charge is 2.30. The molecular weight excluding hydrogens is 164 g/mol. The van der Waals surface area contributed by atoms with Gasteiger partial charge in [-0.1, -0.05) is 13.8 Å². The van der Waals surface area contributed by atoms with Crippen LogP contribution in [0.25, 0.3) is 0 Å². The molecule has 0 bridgehead atoms. The summed E-state index contributed by atoms with van der Waals surface area (Å²) in [7, 11) is 0. The van der Waals surface area contributed by atoms with Crippen molar-refractivity contribution in [2.24, 2.45) is 0 Å². The first kappa shape index (κ1) is 8.63. The maximum Gasteiger partial charge on any atom is 0.116 e. The molecule has 0 saturated heterocycles. The molecule has 1 N–H and O–H groups in total. The van der Waals surface area contributed by atoms with Crippen LogP contribution in [0.15, 0.2) is 6.33 Å². The fraction of sp³-hybridized carbons (Fsp3) is 0.600. The Morgan fingerprint density at radius 2 is 2.31 bits per heavy atom. The summed E-state index contributed by atoms with van der Waals surface area (Å²) in [5.74, 6) is 0.404. The van der Waals surface area contributed by atoms with Gasteiger partial charge in [-0.15, -0.1) is 0 Å². The van der Waals surface area contributed by atoms with Gasteiger partial charge in [-0.2, -0.15) is 0 Å². The van der Waals surface area contributed by atoms with Crippen LogP contribution in [0.3, 0.4) is 0 Å². The number of aliphatic hydroxyl groups excluding tert-OH is 1. The van der Waals surface area contributed by atoms with Crippen LogP contribution < -0.4 is 0 Å². The van der Waals surface area contributed by atoms with Gasteiger partial charge in [0.25, 0.3) is 0 Å². The molecule has 0 radical (unpaired) electrons. The van der Waals surface area contributed by atoms with Crippen molar-refractivity contribution in [1.82, 2.24) is 9.97 Å². The molecule has 1 aromatic heterocycles. The number of nitrogens with zero attached hydrogens (tertiary/aromatic N) is 2. The third-order valence-electron chi connectivity index (χ3n) is 2.72. The largest absolute Gasteiger partial charge is 0.387 e. The topological polar surface area (TPSA) is 46.0 Å². The highest BCUT2D eigenvalue weighted by Crippen LogP contribution is 2.39. The number of hydrogen-bond donors (Lipinski definition) is 1. The second kappa shape index (κ2) is 3.07. The van der Waals surface area contributed by atoms with Gasteiger partial charge in [-0.05, 0) is 18.8 Å². The van der Waals surface area contributed by atoms with Gasteiger partial charge in [0.15, 0.2) is 0 Å². The molecule has 1 heterocycles. The Morgan fingerprint density at radius 1 is 1.54 bits per heavy atom. The zero-order valence-electron chi connectivity index (χ0n) is 7.99. The van der Waals surface area contributed by atoms with Crippen LogP contribution in [0.2, 0.25) is 0 Å². The number of aryl methyl sites for hydroxylation is 1. The molecule has 13 heavy (non-hydrogen) atoms. The lowest BCUT2D eigenvalue weighted by atomic mass is 10.0. The summed E-state index contributed by atoms with van der Waals surface area (Å²) in [6.07, 6.45) is 2.89.